The van der Waals surface area contributed by atoms with Gasteiger partial charge in [0.2, 0.25) is 0 Å². The van der Waals surface area contributed by atoms with Gasteiger partial charge in [0.1, 0.15) is 10.6 Å². The van der Waals surface area contributed by atoms with Crippen LogP contribution in [0.15, 0.2) is 138 Å². The molecular weight excluding hydrogens is 612 g/mol. The molecule has 0 aromatic heterocycles. The lowest BCUT2D eigenvalue weighted by molar-refractivity contribution is 0.102. The molecular formula is C38H28N2O6S. The lowest BCUT2D eigenvalue weighted by atomic mass is 10.1. The van der Waals surface area contributed by atoms with Crippen LogP contribution in [-0.2, 0) is 14.9 Å². The van der Waals surface area contributed by atoms with Crippen molar-refractivity contribution in [3.05, 3.63) is 156 Å². The maximum absolute atomic E-state index is 13.2. The van der Waals surface area contributed by atoms with Crippen LogP contribution in [0.3, 0.4) is 0 Å². The van der Waals surface area contributed by atoms with Crippen LogP contribution in [0.5, 0.6) is 5.75 Å². The Bertz CT molecular complexity index is 2240. The van der Waals surface area contributed by atoms with E-state index in [1.807, 2.05) is 61.5 Å². The lowest BCUT2D eigenvalue weighted by Gasteiger charge is -2.16. The first-order chi connectivity index (χ1) is 22.7. The van der Waals surface area contributed by atoms with E-state index < -0.39 is 28.2 Å². The molecule has 0 fully saturated rings. The standard InChI is InChI=1S/C38H28N2O6S/c1-24-13-19-30(20-14-24)46-47(43,44)31-8-6-7-28(23-31)39-37(41)26-16-15-25-17-18-29(22-27(25)21-26)40-38(42)45-36-34-11-4-2-9-32(34)33-10-3-5-12-35(33)36/h2-23,36H,1H3,(H,39,41)(H,40,42). The monoisotopic (exact) mass is 640 g/mol. The van der Waals surface area contributed by atoms with Gasteiger partial charge >= 0.3 is 16.2 Å². The van der Waals surface area contributed by atoms with Crippen LogP contribution in [0.1, 0.15) is 33.2 Å². The van der Waals surface area contributed by atoms with Gasteiger partial charge in [0, 0.05) is 28.1 Å². The number of carbonyl (C=O) groups is 2. The van der Waals surface area contributed by atoms with Gasteiger partial charge in [-0.3, -0.25) is 10.1 Å². The average molecular weight is 641 g/mol. The van der Waals surface area contributed by atoms with Gasteiger partial charge in [-0.1, -0.05) is 84.4 Å². The highest BCUT2D eigenvalue weighted by molar-refractivity contribution is 7.87. The molecule has 2 N–H and O–H groups in total. The normalized spacial score (nSPS) is 12.2. The number of rotatable bonds is 7. The summed E-state index contributed by atoms with van der Waals surface area (Å²) in [6.07, 6.45) is -1.13. The largest absolute Gasteiger partial charge is 0.436 e. The Morgan fingerprint density at radius 3 is 2.02 bits per heavy atom. The van der Waals surface area contributed by atoms with Crippen molar-refractivity contribution in [1.29, 1.82) is 0 Å². The number of hydrogen-bond acceptors (Lipinski definition) is 6. The molecule has 0 aliphatic heterocycles. The third-order valence-electron chi connectivity index (χ3n) is 7.96. The summed E-state index contributed by atoms with van der Waals surface area (Å²) in [6.45, 7) is 1.89. The fourth-order valence-corrected chi connectivity index (χ4v) is 6.63. The van der Waals surface area contributed by atoms with Crippen molar-refractivity contribution in [3.63, 3.8) is 0 Å². The molecule has 6 aromatic carbocycles. The number of amides is 2. The minimum absolute atomic E-state index is 0.0958. The third kappa shape index (κ3) is 6.16. The van der Waals surface area contributed by atoms with Crippen molar-refractivity contribution in [2.45, 2.75) is 17.9 Å². The first-order valence-electron chi connectivity index (χ1n) is 14.9. The average Bonchev–Trinajstić information content (AvgIpc) is 3.38. The Hall–Kier alpha value is -5.93. The highest BCUT2D eigenvalue weighted by Gasteiger charge is 2.31. The lowest BCUT2D eigenvalue weighted by Crippen LogP contribution is -2.17. The minimum atomic E-state index is -4.13. The predicted octanol–water partition coefficient (Wildman–Crippen LogP) is 8.49. The summed E-state index contributed by atoms with van der Waals surface area (Å²) in [4.78, 5) is 26.2. The summed E-state index contributed by atoms with van der Waals surface area (Å²) in [5, 5.41) is 7.16. The molecule has 0 saturated heterocycles. The van der Waals surface area contributed by atoms with Gasteiger partial charge in [-0.05, 0) is 83.4 Å². The van der Waals surface area contributed by atoms with Crippen LogP contribution in [-0.4, -0.2) is 20.4 Å². The van der Waals surface area contributed by atoms with Gasteiger partial charge in [0.15, 0.2) is 6.10 Å². The Labute approximate surface area is 271 Å². The van der Waals surface area contributed by atoms with Gasteiger partial charge in [-0.15, -0.1) is 0 Å². The summed E-state index contributed by atoms with van der Waals surface area (Å²) < 4.78 is 36.9. The Morgan fingerprint density at radius 1 is 0.638 bits per heavy atom. The number of ether oxygens (including phenoxy) is 1. The number of nitrogens with one attached hydrogen (secondary N) is 2. The predicted molar refractivity (Wildman–Crippen MR) is 181 cm³/mol. The molecule has 8 nitrogen and oxygen atoms in total. The van der Waals surface area contributed by atoms with Crippen LogP contribution < -0.4 is 14.8 Å². The van der Waals surface area contributed by atoms with Crippen molar-refractivity contribution in [2.24, 2.45) is 0 Å². The minimum Gasteiger partial charge on any atom is -0.436 e. The van der Waals surface area contributed by atoms with Crippen LogP contribution in [0.25, 0.3) is 21.9 Å². The van der Waals surface area contributed by atoms with E-state index in [2.05, 4.69) is 10.6 Å². The summed E-state index contributed by atoms with van der Waals surface area (Å²) >= 11 is 0. The van der Waals surface area contributed by atoms with Gasteiger partial charge in [-0.25, -0.2) is 4.79 Å². The van der Waals surface area contributed by atoms with E-state index >= 15 is 0 Å². The van der Waals surface area contributed by atoms with E-state index in [0.29, 0.717) is 11.3 Å². The molecule has 0 radical (unpaired) electrons. The molecule has 47 heavy (non-hydrogen) atoms. The molecule has 0 unspecified atom stereocenters. The first-order valence-corrected chi connectivity index (χ1v) is 16.3. The molecule has 7 rings (SSSR count). The molecule has 232 valence electrons. The molecule has 0 saturated carbocycles. The van der Waals surface area contributed by atoms with Crippen molar-refractivity contribution < 1.29 is 26.9 Å². The fraction of sp³-hybridized carbons (Fsp3) is 0.0526. The molecule has 9 heteroatoms. The zero-order valence-corrected chi connectivity index (χ0v) is 26.0. The van der Waals surface area contributed by atoms with E-state index in [1.165, 1.54) is 18.2 Å². The molecule has 6 aromatic rings. The quantitative estimate of drug-likeness (QED) is 0.169. The molecule has 0 heterocycles. The van der Waals surface area contributed by atoms with E-state index in [-0.39, 0.29) is 16.3 Å². The topological polar surface area (TPSA) is 111 Å². The second kappa shape index (κ2) is 12.1. The number of benzene rings is 6. The number of aryl methyl sites for hydroxylation is 1. The van der Waals surface area contributed by atoms with Gasteiger partial charge in [-0.2, -0.15) is 8.42 Å². The first kappa shape index (κ1) is 29.8. The molecule has 0 spiro atoms. The summed E-state index contributed by atoms with van der Waals surface area (Å²) in [5.74, 6) is -0.241. The van der Waals surface area contributed by atoms with Crippen LogP contribution >= 0.6 is 0 Å². The van der Waals surface area contributed by atoms with E-state index in [9.17, 15) is 18.0 Å². The van der Waals surface area contributed by atoms with Crippen LogP contribution in [0, 0.1) is 6.92 Å². The SMILES string of the molecule is Cc1ccc(OS(=O)(=O)c2cccc(NC(=O)c3ccc4ccc(NC(=O)OC5c6ccccc6-c6ccccc65)cc4c3)c2)cc1. The molecule has 0 bridgehead atoms. The van der Waals surface area contributed by atoms with Crippen molar-refractivity contribution in [1.82, 2.24) is 0 Å². The molecule has 0 atom stereocenters. The maximum atomic E-state index is 13.2. The van der Waals surface area contributed by atoms with E-state index in [0.717, 1.165) is 38.6 Å². The van der Waals surface area contributed by atoms with Crippen LogP contribution in [0.2, 0.25) is 0 Å². The Morgan fingerprint density at radius 2 is 1.30 bits per heavy atom. The van der Waals surface area contributed by atoms with Crippen molar-refractivity contribution in [2.75, 3.05) is 10.6 Å². The smallest absolute Gasteiger partial charge is 0.412 e. The Balaban J connectivity index is 1.05. The highest BCUT2D eigenvalue weighted by atomic mass is 32.2. The second-order valence-electron chi connectivity index (χ2n) is 11.2. The fourth-order valence-electron chi connectivity index (χ4n) is 5.66. The zero-order chi connectivity index (χ0) is 32.5. The number of anilines is 2. The molecule has 1 aliphatic rings. The number of hydrogen-bond donors (Lipinski definition) is 2. The van der Waals surface area contributed by atoms with Crippen molar-refractivity contribution in [3.8, 4) is 16.9 Å². The molecule has 1 aliphatic carbocycles. The highest BCUT2D eigenvalue weighted by Crippen LogP contribution is 2.45. The van der Waals surface area contributed by atoms with Gasteiger partial charge < -0.3 is 14.2 Å². The summed E-state index contributed by atoms with van der Waals surface area (Å²) in [6, 6.07) is 38.8. The summed E-state index contributed by atoms with van der Waals surface area (Å²) in [5.41, 5.74) is 6.06. The summed E-state index contributed by atoms with van der Waals surface area (Å²) in [7, 11) is -4.13. The third-order valence-corrected chi connectivity index (χ3v) is 9.20. The van der Waals surface area contributed by atoms with E-state index in [4.69, 9.17) is 8.92 Å². The maximum Gasteiger partial charge on any atom is 0.412 e. The Kier molecular flexibility index (Phi) is 7.67. The number of carbonyl (C=O) groups excluding carboxylic acids is 2. The van der Waals surface area contributed by atoms with Crippen molar-refractivity contribution >= 4 is 44.3 Å². The number of fused-ring (bicyclic) bond motifs is 4. The van der Waals surface area contributed by atoms with Crippen LogP contribution in [0.4, 0.5) is 16.2 Å². The zero-order valence-electron chi connectivity index (χ0n) is 25.1. The van der Waals surface area contributed by atoms with Gasteiger partial charge in [0.05, 0.1) is 0 Å². The van der Waals surface area contributed by atoms with Gasteiger partial charge in [0.25, 0.3) is 5.91 Å². The van der Waals surface area contributed by atoms with E-state index in [1.54, 1.807) is 60.7 Å². The second-order valence-corrected chi connectivity index (χ2v) is 12.7. The molecule has 2 amide bonds.